The molecule has 0 radical (unpaired) electrons. The smallest absolute Gasteiger partial charge is 0.389 e. The van der Waals surface area contributed by atoms with Crippen molar-refractivity contribution in [3.63, 3.8) is 0 Å². The van der Waals surface area contributed by atoms with Gasteiger partial charge < -0.3 is 10.0 Å². The normalized spacial score (nSPS) is 12.3. The van der Waals surface area contributed by atoms with E-state index in [9.17, 15) is 23.1 Å². The second-order valence-corrected chi connectivity index (χ2v) is 5.94. The Hall–Kier alpha value is -1.56. The number of hydrogen-bond acceptors (Lipinski definition) is 2. The van der Waals surface area contributed by atoms with Gasteiger partial charge in [0.25, 0.3) is 5.91 Å². The number of carbonyl (C=O) groups is 1. The van der Waals surface area contributed by atoms with E-state index in [4.69, 9.17) is 0 Å². The van der Waals surface area contributed by atoms with E-state index in [0.29, 0.717) is 17.7 Å². The molecular formula is C16H22F3NO2. The first-order valence-electron chi connectivity index (χ1n) is 7.19. The number of nitrogens with zero attached hydrogens (tertiary/aromatic N) is 1. The number of hydrogen-bond donors (Lipinski definition) is 1. The van der Waals surface area contributed by atoms with Gasteiger partial charge in [0.2, 0.25) is 0 Å². The highest BCUT2D eigenvalue weighted by molar-refractivity contribution is 5.94. The van der Waals surface area contributed by atoms with Crippen molar-refractivity contribution in [3.8, 4) is 0 Å². The van der Waals surface area contributed by atoms with Crippen LogP contribution in [-0.2, 0) is 6.42 Å². The largest absolute Gasteiger partial charge is 0.389 e. The average Bonchev–Trinajstić information content (AvgIpc) is 2.40. The molecule has 0 bridgehead atoms. The third kappa shape index (κ3) is 6.47. The number of halogens is 3. The van der Waals surface area contributed by atoms with E-state index in [1.54, 1.807) is 20.8 Å². The van der Waals surface area contributed by atoms with Gasteiger partial charge >= 0.3 is 6.18 Å². The van der Waals surface area contributed by atoms with E-state index < -0.39 is 18.2 Å². The van der Waals surface area contributed by atoms with Gasteiger partial charge in [0, 0.05) is 25.1 Å². The summed E-state index contributed by atoms with van der Waals surface area (Å²) in [5.41, 5.74) is -0.0560. The summed E-state index contributed by atoms with van der Waals surface area (Å²) in [6, 6.07) is 6.13. The molecule has 1 aromatic carbocycles. The van der Waals surface area contributed by atoms with Crippen LogP contribution in [0.2, 0.25) is 0 Å². The maximum absolute atomic E-state index is 12.3. The van der Waals surface area contributed by atoms with E-state index in [1.165, 1.54) is 29.2 Å². The van der Waals surface area contributed by atoms with Crippen LogP contribution in [0.15, 0.2) is 24.3 Å². The molecule has 0 saturated heterocycles. The van der Waals surface area contributed by atoms with E-state index in [1.807, 2.05) is 0 Å². The molecular weight excluding hydrogens is 295 g/mol. The van der Waals surface area contributed by atoms with E-state index in [0.717, 1.165) is 0 Å². The van der Waals surface area contributed by atoms with Gasteiger partial charge in [0.1, 0.15) is 0 Å². The van der Waals surface area contributed by atoms with Crippen molar-refractivity contribution in [2.24, 2.45) is 0 Å². The van der Waals surface area contributed by atoms with Gasteiger partial charge in [-0.05, 0) is 44.9 Å². The van der Waals surface area contributed by atoms with Gasteiger partial charge in [0.15, 0.2) is 0 Å². The van der Waals surface area contributed by atoms with Gasteiger partial charge in [-0.25, -0.2) is 0 Å². The van der Waals surface area contributed by atoms with Crippen LogP contribution in [0, 0.1) is 0 Å². The Morgan fingerprint density at radius 3 is 2.14 bits per heavy atom. The van der Waals surface area contributed by atoms with Crippen LogP contribution >= 0.6 is 0 Å². The molecule has 0 heterocycles. The Kier molecular flexibility index (Phi) is 6.00. The molecule has 22 heavy (non-hydrogen) atoms. The first kappa shape index (κ1) is 18.5. The minimum Gasteiger partial charge on any atom is -0.389 e. The molecule has 0 spiro atoms. The SMILES string of the molecule is CCN(CC(C)(C)O)C(=O)c1ccc(CCC(F)(F)F)cc1. The van der Waals surface area contributed by atoms with Crippen LogP contribution in [0.25, 0.3) is 0 Å². The topological polar surface area (TPSA) is 40.5 Å². The van der Waals surface area contributed by atoms with Crippen molar-refractivity contribution < 1.29 is 23.1 Å². The third-order valence-electron chi connectivity index (χ3n) is 3.14. The fraction of sp³-hybridized carbons (Fsp3) is 0.562. The molecule has 0 aliphatic rings. The number of rotatable bonds is 6. The highest BCUT2D eigenvalue weighted by Crippen LogP contribution is 2.22. The molecule has 6 heteroatoms. The molecule has 0 aromatic heterocycles. The summed E-state index contributed by atoms with van der Waals surface area (Å²) in [7, 11) is 0. The monoisotopic (exact) mass is 317 g/mol. The van der Waals surface area contributed by atoms with E-state index in [-0.39, 0.29) is 18.9 Å². The predicted octanol–water partition coefficient (Wildman–Crippen LogP) is 3.41. The zero-order valence-corrected chi connectivity index (χ0v) is 13.1. The first-order chi connectivity index (χ1) is 10.0. The number of carbonyl (C=O) groups excluding carboxylic acids is 1. The van der Waals surface area contributed by atoms with Crippen molar-refractivity contribution in [1.29, 1.82) is 0 Å². The summed E-state index contributed by atoms with van der Waals surface area (Å²) in [6.45, 7) is 5.67. The Balaban J connectivity index is 2.74. The molecule has 0 aliphatic carbocycles. The first-order valence-corrected chi connectivity index (χ1v) is 7.19. The zero-order chi connectivity index (χ0) is 17.0. The van der Waals surface area contributed by atoms with Crippen molar-refractivity contribution in [2.75, 3.05) is 13.1 Å². The summed E-state index contributed by atoms with van der Waals surface area (Å²) in [4.78, 5) is 13.8. The molecule has 0 atom stereocenters. The van der Waals surface area contributed by atoms with Gasteiger partial charge in [-0.3, -0.25) is 4.79 Å². The number of aryl methyl sites for hydroxylation is 1. The van der Waals surface area contributed by atoms with Crippen LogP contribution in [0.5, 0.6) is 0 Å². The van der Waals surface area contributed by atoms with Crippen molar-refractivity contribution in [1.82, 2.24) is 4.90 Å². The molecule has 1 aromatic rings. The number of likely N-dealkylation sites (N-methyl/N-ethyl adjacent to an activating group) is 1. The van der Waals surface area contributed by atoms with Crippen LogP contribution < -0.4 is 0 Å². The van der Waals surface area contributed by atoms with Crippen LogP contribution in [0.1, 0.15) is 43.1 Å². The van der Waals surface area contributed by atoms with E-state index >= 15 is 0 Å². The summed E-state index contributed by atoms with van der Waals surface area (Å²) >= 11 is 0. The van der Waals surface area contributed by atoms with Crippen LogP contribution in [0.4, 0.5) is 13.2 Å². The molecule has 3 nitrogen and oxygen atoms in total. The van der Waals surface area contributed by atoms with Gasteiger partial charge in [-0.1, -0.05) is 12.1 Å². The quantitative estimate of drug-likeness (QED) is 0.873. The fourth-order valence-corrected chi connectivity index (χ4v) is 2.08. The molecule has 0 saturated carbocycles. The fourth-order valence-electron chi connectivity index (χ4n) is 2.08. The summed E-state index contributed by atoms with van der Waals surface area (Å²) < 4.78 is 36.5. The molecule has 0 fully saturated rings. The number of alkyl halides is 3. The lowest BCUT2D eigenvalue weighted by atomic mass is 10.1. The van der Waals surface area contributed by atoms with Crippen LogP contribution in [0.3, 0.4) is 0 Å². The lowest BCUT2D eigenvalue weighted by Crippen LogP contribution is -2.42. The number of aliphatic hydroxyl groups is 1. The lowest BCUT2D eigenvalue weighted by molar-refractivity contribution is -0.134. The maximum atomic E-state index is 12.3. The van der Waals surface area contributed by atoms with Gasteiger partial charge in [0.05, 0.1) is 5.60 Å². The Labute approximate surface area is 128 Å². The van der Waals surface area contributed by atoms with Crippen molar-refractivity contribution in [3.05, 3.63) is 35.4 Å². The Bertz CT molecular complexity index is 490. The zero-order valence-electron chi connectivity index (χ0n) is 13.1. The van der Waals surface area contributed by atoms with Gasteiger partial charge in [-0.2, -0.15) is 13.2 Å². The number of amides is 1. The molecule has 1 amide bonds. The third-order valence-corrected chi connectivity index (χ3v) is 3.14. The number of benzene rings is 1. The standard InChI is InChI=1S/C16H22F3NO2/c1-4-20(11-15(2,3)22)14(21)13-7-5-12(6-8-13)9-10-16(17,18)19/h5-8,22H,4,9-11H2,1-3H3. The van der Waals surface area contributed by atoms with Crippen molar-refractivity contribution in [2.45, 2.75) is 45.4 Å². The summed E-state index contributed by atoms with van der Waals surface area (Å²) in [6.07, 6.45) is -5.15. The molecule has 1 N–H and O–H groups in total. The average molecular weight is 317 g/mol. The van der Waals surface area contributed by atoms with Crippen molar-refractivity contribution >= 4 is 5.91 Å². The molecule has 1 rings (SSSR count). The minimum atomic E-state index is -4.18. The van der Waals surface area contributed by atoms with Crippen LogP contribution in [-0.4, -0.2) is 40.8 Å². The Morgan fingerprint density at radius 1 is 1.18 bits per heavy atom. The van der Waals surface area contributed by atoms with E-state index in [2.05, 4.69) is 0 Å². The summed E-state index contributed by atoms with van der Waals surface area (Å²) in [5, 5.41) is 9.80. The highest BCUT2D eigenvalue weighted by atomic mass is 19.4. The minimum absolute atomic E-state index is 0.0981. The second-order valence-electron chi connectivity index (χ2n) is 5.94. The predicted molar refractivity (Wildman–Crippen MR) is 78.7 cm³/mol. The second kappa shape index (κ2) is 7.13. The molecule has 124 valence electrons. The Morgan fingerprint density at radius 2 is 1.73 bits per heavy atom. The maximum Gasteiger partial charge on any atom is 0.389 e. The molecule has 0 aliphatic heterocycles. The summed E-state index contributed by atoms with van der Waals surface area (Å²) in [5.74, 6) is -0.244. The lowest BCUT2D eigenvalue weighted by Gasteiger charge is -2.28. The highest BCUT2D eigenvalue weighted by Gasteiger charge is 2.26. The van der Waals surface area contributed by atoms with Gasteiger partial charge in [-0.15, -0.1) is 0 Å². The molecule has 0 unspecified atom stereocenters.